The maximum atomic E-state index is 10.7. The van der Waals surface area contributed by atoms with E-state index in [-0.39, 0.29) is 11.5 Å². The van der Waals surface area contributed by atoms with Crippen LogP contribution in [-0.2, 0) is 4.79 Å². The first-order chi connectivity index (χ1) is 6.50. The summed E-state index contributed by atoms with van der Waals surface area (Å²) >= 11 is 0. The van der Waals surface area contributed by atoms with Crippen LogP contribution < -0.4 is 0 Å². The molecule has 0 unspecified atom stereocenters. The molecule has 1 N–H and O–H groups in total. The number of aliphatic carboxylic acids is 1. The third-order valence-electron chi connectivity index (χ3n) is 1.56. The molecule has 0 aromatic rings. The molecule has 0 saturated heterocycles. The van der Waals surface area contributed by atoms with Gasteiger partial charge in [-0.1, -0.05) is 46.9 Å². The predicted octanol–water partition coefficient (Wildman–Crippen LogP) is 3.42. The zero-order valence-corrected chi connectivity index (χ0v) is 9.50. The largest absolute Gasteiger partial charge is 0.478 e. The SMILES string of the molecule is C=C/C=C(\C(=C)C(C)C)C(=O)O.CC. The highest BCUT2D eigenvalue weighted by Gasteiger charge is 2.12. The lowest BCUT2D eigenvalue weighted by Gasteiger charge is -2.08. The molecule has 0 aliphatic carbocycles. The van der Waals surface area contributed by atoms with Gasteiger partial charge in [0.25, 0.3) is 0 Å². The standard InChI is InChI=1S/C10H14O2.C2H6/c1-5-6-9(10(11)12)8(4)7(2)3;1-2/h5-7H,1,4H2,2-3H3,(H,11,12);1-2H3/b9-6+;. The average Bonchev–Trinajstić information content (AvgIpc) is 2.15. The van der Waals surface area contributed by atoms with Gasteiger partial charge < -0.3 is 5.11 Å². The summed E-state index contributed by atoms with van der Waals surface area (Å²) in [5.41, 5.74) is 0.863. The lowest BCUT2D eigenvalue weighted by molar-refractivity contribution is -0.132. The third-order valence-corrected chi connectivity index (χ3v) is 1.56. The highest BCUT2D eigenvalue weighted by atomic mass is 16.4. The van der Waals surface area contributed by atoms with Crippen LogP contribution in [-0.4, -0.2) is 11.1 Å². The van der Waals surface area contributed by atoms with Crippen LogP contribution in [0.2, 0.25) is 0 Å². The molecule has 80 valence electrons. The number of carboxylic acid groups (broad SMARTS) is 1. The number of carbonyl (C=O) groups is 1. The molecule has 14 heavy (non-hydrogen) atoms. The van der Waals surface area contributed by atoms with Crippen molar-refractivity contribution in [2.24, 2.45) is 5.92 Å². The van der Waals surface area contributed by atoms with Gasteiger partial charge in [-0.2, -0.15) is 0 Å². The topological polar surface area (TPSA) is 37.3 Å². The van der Waals surface area contributed by atoms with Crippen LogP contribution in [0.3, 0.4) is 0 Å². The van der Waals surface area contributed by atoms with Crippen molar-refractivity contribution in [2.75, 3.05) is 0 Å². The van der Waals surface area contributed by atoms with Crippen molar-refractivity contribution >= 4 is 5.97 Å². The van der Waals surface area contributed by atoms with E-state index in [1.165, 1.54) is 12.2 Å². The Bertz CT molecular complexity index is 235. The Morgan fingerprint density at radius 1 is 1.36 bits per heavy atom. The van der Waals surface area contributed by atoms with E-state index in [0.29, 0.717) is 5.57 Å². The van der Waals surface area contributed by atoms with Gasteiger partial charge in [-0.05, 0) is 17.6 Å². The van der Waals surface area contributed by atoms with E-state index in [9.17, 15) is 4.79 Å². The van der Waals surface area contributed by atoms with Crippen LogP contribution >= 0.6 is 0 Å². The van der Waals surface area contributed by atoms with Gasteiger partial charge in [0.2, 0.25) is 0 Å². The Balaban J connectivity index is 0. The average molecular weight is 196 g/mol. The van der Waals surface area contributed by atoms with Crippen LogP contribution in [0.15, 0.2) is 36.5 Å². The first kappa shape index (κ1) is 15.2. The van der Waals surface area contributed by atoms with Crippen LogP contribution in [0.25, 0.3) is 0 Å². The molecule has 0 amide bonds. The molecule has 2 nitrogen and oxygen atoms in total. The second-order valence-electron chi connectivity index (χ2n) is 2.80. The lowest BCUT2D eigenvalue weighted by Crippen LogP contribution is -2.06. The number of allylic oxidation sites excluding steroid dienone is 2. The summed E-state index contributed by atoms with van der Waals surface area (Å²) in [6, 6.07) is 0. The molecule has 0 rings (SSSR count). The van der Waals surface area contributed by atoms with Gasteiger partial charge in [-0.25, -0.2) is 4.79 Å². The van der Waals surface area contributed by atoms with Gasteiger partial charge in [0.15, 0.2) is 0 Å². The second kappa shape index (κ2) is 8.30. The fraction of sp³-hybridized carbons (Fsp3) is 0.417. The fourth-order valence-corrected chi connectivity index (χ4v) is 0.745. The number of carboxylic acids is 1. The Labute approximate surface area is 86.6 Å². The second-order valence-corrected chi connectivity index (χ2v) is 2.80. The van der Waals surface area contributed by atoms with Gasteiger partial charge >= 0.3 is 5.97 Å². The molecular formula is C12H20O2. The van der Waals surface area contributed by atoms with Crippen molar-refractivity contribution in [3.8, 4) is 0 Å². The fourth-order valence-electron chi connectivity index (χ4n) is 0.745. The molecule has 0 spiro atoms. The highest BCUT2D eigenvalue weighted by Crippen LogP contribution is 2.17. The Morgan fingerprint density at radius 3 is 2.00 bits per heavy atom. The van der Waals surface area contributed by atoms with Crippen LogP contribution in [0.4, 0.5) is 0 Å². The summed E-state index contributed by atoms with van der Waals surface area (Å²) in [5, 5.41) is 8.75. The van der Waals surface area contributed by atoms with Crippen LogP contribution in [0.5, 0.6) is 0 Å². The smallest absolute Gasteiger partial charge is 0.335 e. The quantitative estimate of drug-likeness (QED) is 0.552. The zero-order chi connectivity index (χ0) is 11.7. The van der Waals surface area contributed by atoms with Crippen molar-refractivity contribution in [3.05, 3.63) is 36.5 Å². The minimum Gasteiger partial charge on any atom is -0.478 e. The number of rotatable bonds is 4. The molecule has 0 aliphatic heterocycles. The van der Waals surface area contributed by atoms with Gasteiger partial charge in [0.05, 0.1) is 5.57 Å². The minimum atomic E-state index is -0.950. The summed E-state index contributed by atoms with van der Waals surface area (Å²) in [4.78, 5) is 10.7. The molecule has 2 heteroatoms. The predicted molar refractivity (Wildman–Crippen MR) is 61.2 cm³/mol. The van der Waals surface area contributed by atoms with Gasteiger partial charge in [0, 0.05) is 0 Å². The first-order valence-electron chi connectivity index (χ1n) is 4.75. The number of hydrogen-bond donors (Lipinski definition) is 1. The molecule has 0 fully saturated rings. The van der Waals surface area contributed by atoms with Crippen molar-refractivity contribution in [2.45, 2.75) is 27.7 Å². The van der Waals surface area contributed by atoms with Crippen LogP contribution in [0, 0.1) is 5.92 Å². The van der Waals surface area contributed by atoms with E-state index in [0.717, 1.165) is 0 Å². The summed E-state index contributed by atoms with van der Waals surface area (Å²) in [6.45, 7) is 15.0. The molecule has 0 bridgehead atoms. The van der Waals surface area contributed by atoms with Gasteiger partial charge in [-0.3, -0.25) is 0 Å². The molecule has 0 aliphatic rings. The summed E-state index contributed by atoms with van der Waals surface area (Å²) in [7, 11) is 0. The van der Waals surface area contributed by atoms with E-state index in [4.69, 9.17) is 5.11 Å². The maximum absolute atomic E-state index is 10.7. The van der Waals surface area contributed by atoms with Gasteiger partial charge in [0.1, 0.15) is 0 Å². The van der Waals surface area contributed by atoms with Crippen molar-refractivity contribution in [1.82, 2.24) is 0 Å². The Kier molecular flexibility index (Phi) is 8.99. The molecular weight excluding hydrogens is 176 g/mol. The van der Waals surface area contributed by atoms with E-state index in [1.54, 1.807) is 0 Å². The summed E-state index contributed by atoms with van der Waals surface area (Å²) in [5.74, 6) is -0.805. The van der Waals surface area contributed by atoms with Crippen LogP contribution in [0.1, 0.15) is 27.7 Å². The van der Waals surface area contributed by atoms with Crippen molar-refractivity contribution in [1.29, 1.82) is 0 Å². The van der Waals surface area contributed by atoms with E-state index in [2.05, 4.69) is 13.2 Å². The normalized spacial score (nSPS) is 10.2. The zero-order valence-electron chi connectivity index (χ0n) is 9.50. The summed E-state index contributed by atoms with van der Waals surface area (Å²) in [6.07, 6.45) is 2.92. The molecule has 0 aromatic heterocycles. The van der Waals surface area contributed by atoms with Crippen molar-refractivity contribution in [3.63, 3.8) is 0 Å². The minimum absolute atomic E-state index is 0.146. The van der Waals surface area contributed by atoms with Gasteiger partial charge in [-0.15, -0.1) is 0 Å². The molecule has 0 radical (unpaired) electrons. The monoisotopic (exact) mass is 196 g/mol. The maximum Gasteiger partial charge on any atom is 0.335 e. The third kappa shape index (κ3) is 5.36. The molecule has 0 atom stereocenters. The highest BCUT2D eigenvalue weighted by molar-refractivity contribution is 5.92. The lowest BCUT2D eigenvalue weighted by atomic mass is 9.97. The molecule has 0 aromatic carbocycles. The van der Waals surface area contributed by atoms with E-state index in [1.807, 2.05) is 27.7 Å². The Morgan fingerprint density at radius 2 is 1.79 bits per heavy atom. The molecule has 0 saturated carbocycles. The van der Waals surface area contributed by atoms with E-state index < -0.39 is 5.97 Å². The Hall–Kier alpha value is -1.31. The first-order valence-corrected chi connectivity index (χ1v) is 4.75. The van der Waals surface area contributed by atoms with E-state index >= 15 is 0 Å². The van der Waals surface area contributed by atoms with Crippen molar-refractivity contribution < 1.29 is 9.90 Å². The summed E-state index contributed by atoms with van der Waals surface area (Å²) < 4.78 is 0. The number of hydrogen-bond acceptors (Lipinski definition) is 1. The molecule has 0 heterocycles.